The predicted octanol–water partition coefficient (Wildman–Crippen LogP) is 4.90. The van der Waals surface area contributed by atoms with Crippen LogP contribution in [0.2, 0.25) is 0 Å². The zero-order valence-corrected chi connectivity index (χ0v) is 12.3. The van der Waals surface area contributed by atoms with E-state index in [1.807, 2.05) is 24.3 Å². The Balaban J connectivity index is 2.20. The fourth-order valence-electron chi connectivity index (χ4n) is 2.38. The Hall–Kier alpha value is -1.74. The van der Waals surface area contributed by atoms with E-state index in [4.69, 9.17) is 0 Å². The molecule has 1 nitrogen and oxygen atoms in total. The third-order valence-electron chi connectivity index (χ3n) is 3.41. The smallest absolute Gasteiger partial charge is 0.263 e. The highest BCUT2D eigenvalue weighted by Crippen LogP contribution is 2.26. The van der Waals surface area contributed by atoms with Gasteiger partial charge in [0.2, 0.25) is 0 Å². The van der Waals surface area contributed by atoms with E-state index < -0.39 is 12.5 Å². The molecule has 1 unspecified atom stereocenters. The summed E-state index contributed by atoms with van der Waals surface area (Å²) in [5, 5.41) is 10.4. The maximum Gasteiger partial charge on any atom is 0.263 e. The van der Waals surface area contributed by atoms with Gasteiger partial charge in [-0.05, 0) is 29.0 Å². The summed E-state index contributed by atoms with van der Waals surface area (Å²) in [6, 6.07) is 13.6. The van der Waals surface area contributed by atoms with Gasteiger partial charge >= 0.3 is 0 Å². The van der Waals surface area contributed by atoms with Crippen LogP contribution >= 0.6 is 0 Å². The monoisotopic (exact) mass is 290 g/mol. The average molecular weight is 290 g/mol. The van der Waals surface area contributed by atoms with Gasteiger partial charge in [0.05, 0.1) is 0 Å². The zero-order valence-electron chi connectivity index (χ0n) is 12.3. The third-order valence-corrected chi connectivity index (χ3v) is 3.41. The number of aliphatic hydroxyl groups is 1. The lowest BCUT2D eigenvalue weighted by atomic mass is 9.96. The van der Waals surface area contributed by atoms with Crippen LogP contribution < -0.4 is 0 Å². The van der Waals surface area contributed by atoms with Crippen LogP contribution in [0.1, 0.15) is 48.6 Å². The number of alkyl halides is 2. The number of hydrogen-bond donors (Lipinski definition) is 1. The molecule has 1 N–H and O–H groups in total. The quantitative estimate of drug-likeness (QED) is 0.830. The molecule has 0 aromatic heterocycles. The first-order chi connectivity index (χ1) is 9.97. The molecule has 0 aliphatic rings. The van der Waals surface area contributed by atoms with Crippen molar-refractivity contribution in [3.05, 3.63) is 70.8 Å². The molecule has 0 fully saturated rings. The summed E-state index contributed by atoms with van der Waals surface area (Å²) in [6.07, 6.45) is -2.32. The van der Waals surface area contributed by atoms with Crippen molar-refractivity contribution in [2.45, 2.75) is 32.8 Å². The fraction of sp³-hybridized carbons (Fsp3) is 0.333. The second-order valence-corrected chi connectivity index (χ2v) is 5.71. The lowest BCUT2D eigenvalue weighted by Gasteiger charge is -2.14. The molecule has 0 amide bonds. The Morgan fingerprint density at radius 3 is 2.10 bits per heavy atom. The van der Waals surface area contributed by atoms with Crippen LogP contribution in [0.5, 0.6) is 0 Å². The summed E-state index contributed by atoms with van der Waals surface area (Å²) in [5.41, 5.74) is 2.56. The summed E-state index contributed by atoms with van der Waals surface area (Å²) in [6.45, 7) is 4.29. The molecular formula is C18H20F2O. The molecule has 2 aromatic rings. The van der Waals surface area contributed by atoms with Crippen molar-refractivity contribution >= 4 is 0 Å². The molecule has 0 radical (unpaired) electrons. The van der Waals surface area contributed by atoms with Gasteiger partial charge in [0, 0.05) is 5.56 Å². The Kier molecular flexibility index (Phi) is 5.07. The molecule has 0 heterocycles. The minimum Gasteiger partial charge on any atom is -0.384 e. The summed E-state index contributed by atoms with van der Waals surface area (Å²) in [4.78, 5) is 0. The van der Waals surface area contributed by atoms with Crippen molar-refractivity contribution < 1.29 is 13.9 Å². The lowest BCUT2D eigenvalue weighted by molar-refractivity contribution is 0.151. The number of halogens is 2. The van der Waals surface area contributed by atoms with Crippen LogP contribution in [0.25, 0.3) is 0 Å². The van der Waals surface area contributed by atoms with E-state index in [-0.39, 0.29) is 5.56 Å². The van der Waals surface area contributed by atoms with Crippen LogP contribution in [0.4, 0.5) is 8.78 Å². The van der Waals surface area contributed by atoms with E-state index in [1.165, 1.54) is 17.7 Å². The normalized spacial score (nSPS) is 12.9. The van der Waals surface area contributed by atoms with Crippen molar-refractivity contribution in [3.8, 4) is 0 Å². The van der Waals surface area contributed by atoms with Gasteiger partial charge in [-0.1, -0.05) is 62.4 Å². The molecule has 2 aromatic carbocycles. The van der Waals surface area contributed by atoms with Gasteiger partial charge < -0.3 is 5.11 Å². The first kappa shape index (κ1) is 15.6. The molecule has 1 atom stereocenters. The molecule has 0 aliphatic carbocycles. The van der Waals surface area contributed by atoms with Crippen molar-refractivity contribution in [1.82, 2.24) is 0 Å². The highest BCUT2D eigenvalue weighted by molar-refractivity contribution is 5.34. The van der Waals surface area contributed by atoms with E-state index in [9.17, 15) is 13.9 Å². The maximum atomic E-state index is 12.5. The van der Waals surface area contributed by atoms with E-state index >= 15 is 0 Å². The lowest BCUT2D eigenvalue weighted by Crippen LogP contribution is -2.02. The van der Waals surface area contributed by atoms with Gasteiger partial charge in [0.1, 0.15) is 6.10 Å². The second kappa shape index (κ2) is 6.81. The molecule has 0 spiro atoms. The number of hydrogen-bond acceptors (Lipinski definition) is 1. The Labute approximate surface area is 124 Å². The van der Waals surface area contributed by atoms with Crippen LogP contribution in [0, 0.1) is 5.92 Å². The van der Waals surface area contributed by atoms with Gasteiger partial charge in [-0.25, -0.2) is 8.78 Å². The first-order valence-electron chi connectivity index (χ1n) is 7.12. The SMILES string of the molecule is CC(C)Cc1cccc(C(O)c2ccc(C(F)F)cc2)c1. The minimum atomic E-state index is -2.48. The van der Waals surface area contributed by atoms with Crippen molar-refractivity contribution in [1.29, 1.82) is 0 Å². The van der Waals surface area contributed by atoms with Crippen LogP contribution in [-0.2, 0) is 6.42 Å². The van der Waals surface area contributed by atoms with Crippen molar-refractivity contribution in [2.75, 3.05) is 0 Å². The van der Waals surface area contributed by atoms with Crippen molar-refractivity contribution in [3.63, 3.8) is 0 Å². The summed E-state index contributed by atoms with van der Waals surface area (Å²) in [5.74, 6) is 0.544. The largest absolute Gasteiger partial charge is 0.384 e. The molecule has 0 saturated carbocycles. The molecule has 2 rings (SSSR count). The van der Waals surface area contributed by atoms with Gasteiger partial charge in [-0.15, -0.1) is 0 Å². The number of benzene rings is 2. The number of rotatable bonds is 5. The Bertz CT molecular complexity index is 576. The van der Waals surface area contributed by atoms with Crippen LogP contribution in [0.3, 0.4) is 0 Å². The third kappa shape index (κ3) is 4.11. The van der Waals surface area contributed by atoms with Crippen molar-refractivity contribution in [2.24, 2.45) is 5.92 Å². The van der Waals surface area contributed by atoms with E-state index in [0.717, 1.165) is 12.0 Å². The minimum absolute atomic E-state index is 0.0282. The standard InChI is InChI=1S/C18H20F2O/c1-12(2)10-13-4-3-5-16(11-13)17(21)14-6-8-15(9-7-14)18(19)20/h3-9,11-12,17-18,21H,10H2,1-2H3. The molecule has 21 heavy (non-hydrogen) atoms. The molecule has 0 bridgehead atoms. The zero-order chi connectivity index (χ0) is 15.4. The molecular weight excluding hydrogens is 270 g/mol. The van der Waals surface area contributed by atoms with Gasteiger partial charge in [-0.3, -0.25) is 0 Å². The first-order valence-corrected chi connectivity index (χ1v) is 7.12. The highest BCUT2D eigenvalue weighted by atomic mass is 19.3. The highest BCUT2D eigenvalue weighted by Gasteiger charge is 2.13. The summed E-state index contributed by atoms with van der Waals surface area (Å²) in [7, 11) is 0. The van der Waals surface area contributed by atoms with Gasteiger partial charge in [0.25, 0.3) is 6.43 Å². The van der Waals surface area contributed by atoms with Gasteiger partial charge in [0.15, 0.2) is 0 Å². The van der Waals surface area contributed by atoms with E-state index in [0.29, 0.717) is 11.5 Å². The predicted molar refractivity (Wildman–Crippen MR) is 80.4 cm³/mol. The van der Waals surface area contributed by atoms with Crippen LogP contribution in [-0.4, -0.2) is 5.11 Å². The van der Waals surface area contributed by atoms with Gasteiger partial charge in [-0.2, -0.15) is 0 Å². The molecule has 0 saturated heterocycles. The second-order valence-electron chi connectivity index (χ2n) is 5.71. The van der Waals surface area contributed by atoms with E-state index in [2.05, 4.69) is 13.8 Å². The van der Waals surface area contributed by atoms with E-state index in [1.54, 1.807) is 12.1 Å². The average Bonchev–Trinajstić information content (AvgIpc) is 2.46. The molecule has 112 valence electrons. The summed E-state index contributed by atoms with van der Waals surface area (Å²) < 4.78 is 25.1. The molecule has 0 aliphatic heterocycles. The Morgan fingerprint density at radius 2 is 1.52 bits per heavy atom. The topological polar surface area (TPSA) is 20.2 Å². The van der Waals surface area contributed by atoms with Crippen LogP contribution in [0.15, 0.2) is 48.5 Å². The Morgan fingerprint density at radius 1 is 0.905 bits per heavy atom. The maximum absolute atomic E-state index is 12.5. The summed E-state index contributed by atoms with van der Waals surface area (Å²) >= 11 is 0. The number of aliphatic hydroxyl groups excluding tert-OH is 1. The molecule has 3 heteroatoms. The fourth-order valence-corrected chi connectivity index (χ4v) is 2.38.